The monoisotopic (exact) mass is 290 g/mol. The maximum Gasteiger partial charge on any atom is 0.321 e. The van der Waals surface area contributed by atoms with Crippen molar-refractivity contribution in [2.75, 3.05) is 0 Å². The molecule has 0 aliphatic rings. The van der Waals surface area contributed by atoms with Crippen molar-refractivity contribution < 1.29 is 22.8 Å². The van der Waals surface area contributed by atoms with Crippen molar-refractivity contribution in [3.63, 3.8) is 0 Å². The van der Waals surface area contributed by atoms with Crippen molar-refractivity contribution in [2.24, 2.45) is 0 Å². The van der Waals surface area contributed by atoms with Gasteiger partial charge in [-0.1, -0.05) is 24.9 Å². The number of nitrogens with one attached hydrogen (secondary N) is 1. The number of rotatable bonds is 7. The van der Waals surface area contributed by atoms with Crippen molar-refractivity contribution in [1.82, 2.24) is 9.88 Å². The number of carbonyl (C=O) groups is 1. The Morgan fingerprint density at radius 1 is 1.47 bits per heavy atom. The fraction of sp³-hybridized carbons (Fsp3) is 0.636. The first kappa shape index (κ1) is 15.6. The molecule has 0 saturated carbocycles. The number of hydrogen-bond donors (Lipinski definition) is 2. The molecule has 7 nitrogen and oxygen atoms in total. The van der Waals surface area contributed by atoms with Crippen LogP contribution >= 0.6 is 0 Å². The van der Waals surface area contributed by atoms with E-state index in [1.807, 2.05) is 6.92 Å². The zero-order chi connectivity index (χ0) is 14.6. The third-order valence-electron chi connectivity index (χ3n) is 2.68. The Morgan fingerprint density at radius 2 is 2.11 bits per heavy atom. The Hall–Kier alpha value is -1.41. The lowest BCUT2D eigenvalue weighted by molar-refractivity contribution is -0.139. The summed E-state index contributed by atoms with van der Waals surface area (Å²) in [6.07, 6.45) is 1.66. The first-order valence-electron chi connectivity index (χ1n) is 5.97. The average Bonchev–Trinajstić information content (AvgIpc) is 2.64. The second kappa shape index (κ2) is 6.16. The zero-order valence-corrected chi connectivity index (χ0v) is 12.0. The van der Waals surface area contributed by atoms with E-state index in [9.17, 15) is 13.2 Å². The third kappa shape index (κ3) is 3.77. The Balaban J connectivity index is 2.98. The number of carboxylic acid groups (broad SMARTS) is 1. The number of aromatic nitrogens is 1. The Kier molecular flexibility index (Phi) is 5.07. The third-order valence-corrected chi connectivity index (χ3v) is 4.39. The molecule has 1 unspecified atom stereocenters. The van der Waals surface area contributed by atoms with Gasteiger partial charge in [-0.2, -0.15) is 4.72 Å². The van der Waals surface area contributed by atoms with Gasteiger partial charge in [-0.3, -0.25) is 4.79 Å². The maximum atomic E-state index is 12.1. The van der Waals surface area contributed by atoms with Gasteiger partial charge in [-0.05, 0) is 20.3 Å². The van der Waals surface area contributed by atoms with E-state index >= 15 is 0 Å². The second-order valence-electron chi connectivity index (χ2n) is 4.31. The number of hydrogen-bond acceptors (Lipinski definition) is 5. The van der Waals surface area contributed by atoms with Crippen LogP contribution in [0.1, 0.15) is 37.6 Å². The summed E-state index contributed by atoms with van der Waals surface area (Å²) in [5.41, 5.74) is 0.213. The Labute approximate surface area is 112 Å². The zero-order valence-electron chi connectivity index (χ0n) is 11.1. The topological polar surface area (TPSA) is 110 Å². The summed E-state index contributed by atoms with van der Waals surface area (Å²) in [4.78, 5) is 11.0. The molecule has 0 aromatic carbocycles. The van der Waals surface area contributed by atoms with Crippen LogP contribution in [0, 0.1) is 13.8 Å². The van der Waals surface area contributed by atoms with E-state index in [0.717, 1.165) is 6.42 Å². The standard InChI is InChI=1S/C11H18N2O5S/c1-4-5-6-9(11(14)15)13-19(16,17)10-7(2)12-18-8(10)3/h9,13H,4-6H2,1-3H3,(H,14,15). The first-order valence-corrected chi connectivity index (χ1v) is 7.46. The summed E-state index contributed by atoms with van der Waals surface area (Å²) in [5, 5.41) is 12.6. The molecule has 19 heavy (non-hydrogen) atoms. The average molecular weight is 290 g/mol. The molecule has 0 spiro atoms. The highest BCUT2D eigenvalue weighted by molar-refractivity contribution is 7.89. The lowest BCUT2D eigenvalue weighted by Gasteiger charge is -2.14. The van der Waals surface area contributed by atoms with Crippen LogP contribution < -0.4 is 4.72 Å². The predicted octanol–water partition coefficient (Wildman–Crippen LogP) is 1.21. The number of nitrogens with zero attached hydrogens (tertiary/aromatic N) is 1. The molecule has 0 amide bonds. The van der Waals surface area contributed by atoms with Gasteiger partial charge >= 0.3 is 5.97 Å². The molecule has 0 saturated heterocycles. The van der Waals surface area contributed by atoms with Crippen LogP contribution in [-0.2, 0) is 14.8 Å². The van der Waals surface area contributed by atoms with E-state index in [1.54, 1.807) is 0 Å². The molecule has 0 radical (unpaired) electrons. The normalized spacial score (nSPS) is 13.4. The number of aliphatic carboxylic acids is 1. The fourth-order valence-corrected chi connectivity index (χ4v) is 3.30. The minimum atomic E-state index is -3.94. The number of carboxylic acids is 1. The van der Waals surface area contributed by atoms with Crippen LogP contribution in [-0.4, -0.2) is 30.7 Å². The van der Waals surface area contributed by atoms with Crippen molar-refractivity contribution in [3.8, 4) is 0 Å². The van der Waals surface area contributed by atoms with Gasteiger partial charge in [-0.25, -0.2) is 8.42 Å². The van der Waals surface area contributed by atoms with Crippen molar-refractivity contribution in [3.05, 3.63) is 11.5 Å². The molecule has 108 valence electrons. The lowest BCUT2D eigenvalue weighted by Crippen LogP contribution is -2.40. The molecule has 8 heteroatoms. The van der Waals surface area contributed by atoms with E-state index in [2.05, 4.69) is 9.88 Å². The van der Waals surface area contributed by atoms with Gasteiger partial charge in [0.25, 0.3) is 0 Å². The molecule has 1 aromatic rings. The van der Waals surface area contributed by atoms with Gasteiger partial charge in [-0.15, -0.1) is 0 Å². The summed E-state index contributed by atoms with van der Waals surface area (Å²) < 4.78 is 31.2. The van der Waals surface area contributed by atoms with E-state index in [1.165, 1.54) is 13.8 Å². The highest BCUT2D eigenvalue weighted by Gasteiger charge is 2.29. The van der Waals surface area contributed by atoms with Crippen LogP contribution in [0.3, 0.4) is 0 Å². The molecular weight excluding hydrogens is 272 g/mol. The predicted molar refractivity (Wildman–Crippen MR) is 67.2 cm³/mol. The molecule has 1 heterocycles. The smallest absolute Gasteiger partial charge is 0.321 e. The van der Waals surface area contributed by atoms with E-state index in [4.69, 9.17) is 9.63 Å². The number of sulfonamides is 1. The quantitative estimate of drug-likeness (QED) is 0.781. The van der Waals surface area contributed by atoms with Crippen LogP contribution in [0.5, 0.6) is 0 Å². The molecular formula is C11H18N2O5S. The van der Waals surface area contributed by atoms with Crippen LogP contribution in [0.2, 0.25) is 0 Å². The van der Waals surface area contributed by atoms with Crippen molar-refractivity contribution >= 4 is 16.0 Å². The molecule has 1 aromatic heterocycles. The molecule has 0 aliphatic heterocycles. The molecule has 0 bridgehead atoms. The Bertz CT molecular complexity index is 530. The van der Waals surface area contributed by atoms with Gasteiger partial charge < -0.3 is 9.63 Å². The summed E-state index contributed by atoms with van der Waals surface area (Å²) in [6, 6.07) is -1.14. The largest absolute Gasteiger partial charge is 0.480 e. The summed E-state index contributed by atoms with van der Waals surface area (Å²) in [5.74, 6) is -1.05. The highest BCUT2D eigenvalue weighted by atomic mass is 32.2. The van der Waals surface area contributed by atoms with Gasteiger partial charge in [0.15, 0.2) is 5.76 Å². The second-order valence-corrected chi connectivity index (χ2v) is 5.96. The molecule has 2 N–H and O–H groups in total. The molecule has 0 aliphatic carbocycles. The lowest BCUT2D eigenvalue weighted by atomic mass is 10.1. The summed E-state index contributed by atoms with van der Waals surface area (Å²) in [7, 11) is -3.94. The number of unbranched alkanes of at least 4 members (excludes halogenated alkanes) is 1. The van der Waals surface area contributed by atoms with Crippen LogP contribution in [0.25, 0.3) is 0 Å². The highest BCUT2D eigenvalue weighted by Crippen LogP contribution is 2.19. The fourth-order valence-electron chi connectivity index (χ4n) is 1.75. The van der Waals surface area contributed by atoms with Crippen LogP contribution in [0.15, 0.2) is 9.42 Å². The Morgan fingerprint density at radius 3 is 2.53 bits per heavy atom. The van der Waals surface area contributed by atoms with E-state index in [0.29, 0.717) is 6.42 Å². The summed E-state index contributed by atoms with van der Waals surface area (Å²) >= 11 is 0. The van der Waals surface area contributed by atoms with E-state index in [-0.39, 0.29) is 22.8 Å². The molecule has 0 fully saturated rings. The van der Waals surface area contributed by atoms with Gasteiger partial charge in [0.2, 0.25) is 10.0 Å². The van der Waals surface area contributed by atoms with Gasteiger partial charge in [0.05, 0.1) is 0 Å². The SMILES string of the molecule is CCCCC(NS(=O)(=O)c1c(C)noc1C)C(=O)O. The minimum Gasteiger partial charge on any atom is -0.480 e. The minimum absolute atomic E-state index is 0.0877. The summed E-state index contributed by atoms with van der Waals surface area (Å²) in [6.45, 7) is 4.87. The van der Waals surface area contributed by atoms with E-state index < -0.39 is 22.0 Å². The van der Waals surface area contributed by atoms with Crippen molar-refractivity contribution in [2.45, 2.75) is 51.0 Å². The number of aryl methyl sites for hydroxylation is 2. The molecule has 1 rings (SSSR count). The van der Waals surface area contributed by atoms with Crippen LogP contribution in [0.4, 0.5) is 0 Å². The van der Waals surface area contributed by atoms with Gasteiger partial charge in [0, 0.05) is 0 Å². The van der Waals surface area contributed by atoms with Crippen molar-refractivity contribution in [1.29, 1.82) is 0 Å². The maximum absolute atomic E-state index is 12.1. The van der Waals surface area contributed by atoms with Gasteiger partial charge in [0.1, 0.15) is 16.6 Å². The molecule has 1 atom stereocenters. The first-order chi connectivity index (χ1) is 8.79.